The summed E-state index contributed by atoms with van der Waals surface area (Å²) >= 11 is 0. The Morgan fingerprint density at radius 2 is 2.00 bits per heavy atom. The Kier molecular flexibility index (Phi) is 6.12. The minimum atomic E-state index is -0.155. The predicted octanol–water partition coefficient (Wildman–Crippen LogP) is 3.31. The molecular weight excluding hydrogens is 442 g/mol. The lowest BCUT2D eigenvalue weighted by atomic mass is 9.91. The summed E-state index contributed by atoms with van der Waals surface area (Å²) in [6.07, 6.45) is 4.40. The summed E-state index contributed by atoms with van der Waals surface area (Å²) in [6.45, 7) is 8.98. The zero-order valence-electron chi connectivity index (χ0n) is 20.6. The third kappa shape index (κ3) is 4.56. The van der Waals surface area contributed by atoms with Gasteiger partial charge in [0.05, 0.1) is 18.8 Å². The highest BCUT2D eigenvalue weighted by Crippen LogP contribution is 2.25. The van der Waals surface area contributed by atoms with Crippen LogP contribution in [0.15, 0.2) is 47.5 Å². The van der Waals surface area contributed by atoms with Crippen LogP contribution in [-0.4, -0.2) is 44.6 Å². The second-order valence-corrected chi connectivity index (χ2v) is 9.85. The van der Waals surface area contributed by atoms with E-state index >= 15 is 0 Å². The summed E-state index contributed by atoms with van der Waals surface area (Å²) in [5, 5.41) is 7.18. The smallest absolute Gasteiger partial charge is 0.278 e. The number of nitrogens with zero attached hydrogens (tertiary/aromatic N) is 5. The molecule has 0 amide bonds. The van der Waals surface area contributed by atoms with E-state index in [9.17, 15) is 4.79 Å². The minimum absolute atomic E-state index is 0.139. The van der Waals surface area contributed by atoms with Gasteiger partial charge in [0.2, 0.25) is 5.95 Å². The Bertz CT molecular complexity index is 1430. The molecule has 35 heavy (non-hydrogen) atoms. The highest BCUT2D eigenvalue weighted by Gasteiger charge is 2.21. The molecule has 0 saturated heterocycles. The number of methoxy groups -OCH3 is 1. The molecular formula is C26H31N7O2. The maximum Gasteiger partial charge on any atom is 0.278 e. The molecule has 2 N–H and O–H groups in total. The average molecular weight is 474 g/mol. The first-order valence-corrected chi connectivity index (χ1v) is 11.9. The van der Waals surface area contributed by atoms with E-state index in [4.69, 9.17) is 9.72 Å². The fraction of sp³-hybridized carbons (Fsp3) is 0.385. The van der Waals surface area contributed by atoms with E-state index in [-0.39, 0.29) is 11.0 Å². The third-order valence-electron chi connectivity index (χ3n) is 6.29. The summed E-state index contributed by atoms with van der Waals surface area (Å²) in [6, 6.07) is 10.2. The SMILES string of the molecule is COCCn1c(=O)c2cnc(Nc3ccc4c(c3)CNCC4)nc2n1-c1ccnc(C(C)(C)C)c1. The average Bonchev–Trinajstić information content (AvgIpc) is 3.13. The summed E-state index contributed by atoms with van der Waals surface area (Å²) < 4.78 is 8.77. The molecule has 0 aliphatic carbocycles. The first-order valence-electron chi connectivity index (χ1n) is 11.9. The van der Waals surface area contributed by atoms with Crippen LogP contribution in [0.1, 0.15) is 37.6 Å². The van der Waals surface area contributed by atoms with E-state index in [0.29, 0.717) is 30.1 Å². The zero-order chi connectivity index (χ0) is 24.6. The molecule has 5 rings (SSSR count). The number of fused-ring (bicyclic) bond motifs is 2. The van der Waals surface area contributed by atoms with Crippen LogP contribution in [0, 0.1) is 0 Å². The fourth-order valence-corrected chi connectivity index (χ4v) is 4.38. The molecule has 0 bridgehead atoms. The van der Waals surface area contributed by atoms with E-state index in [2.05, 4.69) is 53.5 Å². The summed E-state index contributed by atoms with van der Waals surface area (Å²) in [7, 11) is 1.62. The molecule has 0 spiro atoms. The number of rotatable bonds is 6. The van der Waals surface area contributed by atoms with Crippen LogP contribution in [0.2, 0.25) is 0 Å². The van der Waals surface area contributed by atoms with E-state index in [0.717, 1.165) is 36.6 Å². The van der Waals surface area contributed by atoms with Gasteiger partial charge in [0.15, 0.2) is 5.65 Å². The first kappa shape index (κ1) is 23.2. The maximum absolute atomic E-state index is 13.3. The molecule has 182 valence electrons. The lowest BCUT2D eigenvalue weighted by Gasteiger charge is -2.19. The normalized spacial score (nSPS) is 13.7. The topological polar surface area (TPSA) is 98.9 Å². The molecule has 1 aliphatic heterocycles. The summed E-state index contributed by atoms with van der Waals surface area (Å²) in [4.78, 5) is 27.1. The van der Waals surface area contributed by atoms with E-state index in [1.807, 2.05) is 22.9 Å². The van der Waals surface area contributed by atoms with Gasteiger partial charge < -0.3 is 15.4 Å². The minimum Gasteiger partial charge on any atom is -0.383 e. The van der Waals surface area contributed by atoms with Crippen molar-refractivity contribution in [3.05, 3.63) is 69.9 Å². The van der Waals surface area contributed by atoms with Gasteiger partial charge in [0.1, 0.15) is 5.39 Å². The van der Waals surface area contributed by atoms with Crippen molar-refractivity contribution < 1.29 is 4.74 Å². The molecule has 0 saturated carbocycles. The van der Waals surface area contributed by atoms with Gasteiger partial charge in [0.25, 0.3) is 5.56 Å². The quantitative estimate of drug-likeness (QED) is 0.443. The van der Waals surface area contributed by atoms with Crippen LogP contribution >= 0.6 is 0 Å². The van der Waals surface area contributed by atoms with Gasteiger partial charge in [-0.05, 0) is 48.4 Å². The molecule has 0 atom stereocenters. The second-order valence-electron chi connectivity index (χ2n) is 9.85. The molecule has 1 aromatic carbocycles. The van der Waals surface area contributed by atoms with Gasteiger partial charge in [-0.2, -0.15) is 4.98 Å². The number of pyridine rings is 1. The van der Waals surface area contributed by atoms with Crippen molar-refractivity contribution in [3.63, 3.8) is 0 Å². The standard InChI is InChI=1S/C26H31N7O2/c1-26(2,3)22-14-20(8-10-28-22)33-23-21(24(34)32(33)11-12-35-4)16-29-25(31-23)30-19-6-5-17-7-9-27-15-18(17)13-19/h5-6,8,10,13-14,16,27H,7,9,11-12,15H2,1-4H3,(H,29,30,31). The van der Waals surface area contributed by atoms with Crippen LogP contribution in [0.3, 0.4) is 0 Å². The van der Waals surface area contributed by atoms with Crippen LogP contribution in [0.4, 0.5) is 11.6 Å². The fourth-order valence-electron chi connectivity index (χ4n) is 4.38. The Morgan fingerprint density at radius 3 is 2.80 bits per heavy atom. The highest BCUT2D eigenvalue weighted by atomic mass is 16.5. The molecule has 9 nitrogen and oxygen atoms in total. The van der Waals surface area contributed by atoms with Crippen molar-refractivity contribution in [3.8, 4) is 5.69 Å². The lowest BCUT2D eigenvalue weighted by Crippen LogP contribution is -2.25. The Morgan fingerprint density at radius 1 is 1.14 bits per heavy atom. The number of nitrogens with one attached hydrogen (secondary N) is 2. The summed E-state index contributed by atoms with van der Waals surface area (Å²) in [5.41, 5.74) is 5.54. The molecule has 0 radical (unpaired) electrons. The van der Waals surface area contributed by atoms with Crippen LogP contribution in [-0.2, 0) is 29.7 Å². The number of hydrogen-bond acceptors (Lipinski definition) is 7. The number of hydrogen-bond donors (Lipinski definition) is 2. The molecule has 0 fully saturated rings. The molecule has 3 aromatic heterocycles. The zero-order valence-corrected chi connectivity index (χ0v) is 20.6. The number of benzene rings is 1. The van der Waals surface area contributed by atoms with Gasteiger partial charge in [-0.15, -0.1) is 0 Å². The molecule has 0 unspecified atom stereocenters. The lowest BCUT2D eigenvalue weighted by molar-refractivity contribution is 0.180. The Hall–Kier alpha value is -3.56. The van der Waals surface area contributed by atoms with Crippen LogP contribution in [0.25, 0.3) is 16.7 Å². The maximum atomic E-state index is 13.3. The number of aromatic nitrogens is 5. The van der Waals surface area contributed by atoms with E-state index in [1.165, 1.54) is 11.1 Å². The van der Waals surface area contributed by atoms with Crippen molar-refractivity contribution in [1.82, 2.24) is 29.6 Å². The molecule has 4 heterocycles. The van der Waals surface area contributed by atoms with Crippen molar-refractivity contribution >= 4 is 22.7 Å². The first-order chi connectivity index (χ1) is 16.8. The van der Waals surface area contributed by atoms with Crippen molar-refractivity contribution in [2.45, 2.75) is 45.7 Å². The third-order valence-corrected chi connectivity index (χ3v) is 6.29. The molecule has 1 aliphatic rings. The van der Waals surface area contributed by atoms with Gasteiger partial charge in [-0.25, -0.2) is 14.3 Å². The molecule has 4 aromatic rings. The number of anilines is 2. The van der Waals surface area contributed by atoms with Crippen LogP contribution in [0.5, 0.6) is 0 Å². The number of ether oxygens (including phenoxy) is 1. The summed E-state index contributed by atoms with van der Waals surface area (Å²) in [5.74, 6) is 0.434. The van der Waals surface area contributed by atoms with Gasteiger partial charge in [-0.1, -0.05) is 26.8 Å². The van der Waals surface area contributed by atoms with Crippen molar-refractivity contribution in [1.29, 1.82) is 0 Å². The van der Waals surface area contributed by atoms with Gasteiger partial charge in [0, 0.05) is 42.8 Å². The van der Waals surface area contributed by atoms with Crippen LogP contribution < -0.4 is 16.2 Å². The largest absolute Gasteiger partial charge is 0.383 e. The monoisotopic (exact) mass is 473 g/mol. The Labute approximate surface area is 204 Å². The highest BCUT2D eigenvalue weighted by molar-refractivity contribution is 5.77. The van der Waals surface area contributed by atoms with E-state index in [1.54, 1.807) is 24.2 Å². The molecule has 9 heteroatoms. The van der Waals surface area contributed by atoms with Crippen molar-refractivity contribution in [2.75, 3.05) is 25.6 Å². The van der Waals surface area contributed by atoms with Gasteiger partial charge >= 0.3 is 0 Å². The second kappa shape index (κ2) is 9.24. The van der Waals surface area contributed by atoms with Gasteiger partial charge in [-0.3, -0.25) is 9.78 Å². The Balaban J connectivity index is 1.61. The predicted molar refractivity (Wildman–Crippen MR) is 137 cm³/mol. The van der Waals surface area contributed by atoms with E-state index < -0.39 is 0 Å². The van der Waals surface area contributed by atoms with Crippen molar-refractivity contribution in [2.24, 2.45) is 0 Å².